The number of nitrogens with one attached hydrogen (secondary N) is 2. The lowest BCUT2D eigenvalue weighted by Crippen LogP contribution is -2.44. The molecule has 3 aromatic heterocycles. The maximum atomic E-state index is 13.1. The average Bonchev–Trinajstić information content (AvgIpc) is 3.11. The number of pyridine rings is 2. The minimum Gasteiger partial charge on any atom is -0.489 e. The second-order valence-corrected chi connectivity index (χ2v) is 6.64. The normalized spacial score (nSPS) is 17.8. The van der Waals surface area contributed by atoms with Crippen molar-refractivity contribution in [1.82, 2.24) is 20.2 Å². The van der Waals surface area contributed by atoms with Crippen molar-refractivity contribution in [3.8, 4) is 5.75 Å². The second kappa shape index (κ2) is 7.17. The van der Waals surface area contributed by atoms with Gasteiger partial charge in [-0.15, -0.1) is 0 Å². The first kappa shape index (κ1) is 18.3. The molecule has 148 valence electrons. The third kappa shape index (κ3) is 3.41. The summed E-state index contributed by atoms with van der Waals surface area (Å²) in [7, 11) is 0. The van der Waals surface area contributed by atoms with Crippen molar-refractivity contribution < 1.29 is 17.9 Å². The number of halogens is 3. The molecule has 0 spiro atoms. The first-order valence-electron chi connectivity index (χ1n) is 8.92. The fraction of sp³-hybridized carbons (Fsp3) is 0.389. The Morgan fingerprint density at radius 1 is 1.29 bits per heavy atom. The van der Waals surface area contributed by atoms with Crippen molar-refractivity contribution in [2.75, 3.05) is 18.1 Å². The van der Waals surface area contributed by atoms with Crippen LogP contribution < -0.4 is 15.2 Å². The number of fused-ring (bicyclic) bond motifs is 1. The highest BCUT2D eigenvalue weighted by Gasteiger charge is 2.36. The molecule has 1 fully saturated rings. The smallest absolute Gasteiger partial charge is 0.437 e. The van der Waals surface area contributed by atoms with E-state index in [1.165, 1.54) is 18.3 Å². The molecule has 10 heteroatoms. The minimum atomic E-state index is -4.59. The van der Waals surface area contributed by atoms with Crippen LogP contribution in [0.5, 0.6) is 5.75 Å². The number of nitrogens with zero attached hydrogens (tertiary/aromatic N) is 3. The Balaban J connectivity index is 1.60. The zero-order chi connectivity index (χ0) is 19.7. The molecule has 2 N–H and O–H groups in total. The van der Waals surface area contributed by atoms with Gasteiger partial charge in [0.05, 0.1) is 11.6 Å². The van der Waals surface area contributed by atoms with Gasteiger partial charge in [0, 0.05) is 18.9 Å². The van der Waals surface area contributed by atoms with E-state index in [9.17, 15) is 18.0 Å². The van der Waals surface area contributed by atoms with Gasteiger partial charge in [-0.2, -0.15) is 18.3 Å². The minimum absolute atomic E-state index is 0.0356. The van der Waals surface area contributed by atoms with Crippen molar-refractivity contribution >= 4 is 16.7 Å². The van der Waals surface area contributed by atoms with Crippen molar-refractivity contribution in [2.45, 2.75) is 31.5 Å². The Bertz CT molecular complexity index is 1030. The van der Waals surface area contributed by atoms with E-state index < -0.39 is 11.9 Å². The second-order valence-electron chi connectivity index (χ2n) is 6.64. The number of H-pyrrole nitrogens is 2. The molecule has 0 amide bonds. The van der Waals surface area contributed by atoms with E-state index >= 15 is 0 Å². The Hall–Kier alpha value is -3.04. The lowest BCUT2D eigenvalue weighted by molar-refractivity contribution is -0.142. The van der Waals surface area contributed by atoms with Crippen LogP contribution in [0.1, 0.15) is 25.0 Å². The van der Waals surface area contributed by atoms with Gasteiger partial charge in [0.1, 0.15) is 17.7 Å². The summed E-state index contributed by atoms with van der Waals surface area (Å²) in [6.45, 7) is 0.676. The third-order valence-corrected chi connectivity index (χ3v) is 4.84. The lowest BCUT2D eigenvalue weighted by atomic mass is 10.0. The van der Waals surface area contributed by atoms with Gasteiger partial charge < -0.3 is 14.6 Å². The van der Waals surface area contributed by atoms with Crippen LogP contribution in [0.2, 0.25) is 0 Å². The van der Waals surface area contributed by atoms with Gasteiger partial charge in [0.15, 0.2) is 11.5 Å². The Kier molecular flexibility index (Phi) is 4.70. The van der Waals surface area contributed by atoms with Crippen LogP contribution in [0, 0.1) is 0 Å². The third-order valence-electron chi connectivity index (χ3n) is 4.84. The fourth-order valence-corrected chi connectivity index (χ4v) is 3.53. The van der Waals surface area contributed by atoms with E-state index in [0.29, 0.717) is 23.3 Å². The van der Waals surface area contributed by atoms with Crippen LogP contribution in [-0.4, -0.2) is 39.4 Å². The van der Waals surface area contributed by atoms with Gasteiger partial charge >= 0.3 is 6.18 Å². The molecule has 4 heterocycles. The highest BCUT2D eigenvalue weighted by atomic mass is 19.4. The number of piperidine rings is 1. The number of rotatable bonds is 4. The number of aromatic nitrogens is 4. The van der Waals surface area contributed by atoms with Crippen LogP contribution in [-0.2, 0) is 6.18 Å². The van der Waals surface area contributed by atoms with Crippen LogP contribution >= 0.6 is 0 Å². The number of hydrogen-bond donors (Lipinski definition) is 2. The number of ether oxygens (including phenoxy) is 1. The summed E-state index contributed by atoms with van der Waals surface area (Å²) >= 11 is 0. The van der Waals surface area contributed by atoms with E-state index in [1.54, 1.807) is 6.07 Å². The summed E-state index contributed by atoms with van der Waals surface area (Å²) in [5, 5.41) is 7.55. The molecule has 28 heavy (non-hydrogen) atoms. The highest BCUT2D eigenvalue weighted by Crippen LogP contribution is 2.35. The summed E-state index contributed by atoms with van der Waals surface area (Å²) in [5.41, 5.74) is -0.701. The standard InChI is InChI=1S/C18H18F3N5O2/c19-18(20,21)15-13(5-3-7-22-15)28-10-11-4-1-2-9-26(11)16-14-12(24-25-16)6-8-23-17(14)27/h3,5-8,11H,1-2,4,9-10H2,(H,23,27)(H,24,25). The summed E-state index contributed by atoms with van der Waals surface area (Å²) in [4.78, 5) is 20.2. The summed E-state index contributed by atoms with van der Waals surface area (Å²) in [5.74, 6) is 0.192. The molecular formula is C18H18F3N5O2. The fourth-order valence-electron chi connectivity index (χ4n) is 3.53. The van der Waals surface area contributed by atoms with Crippen LogP contribution in [0.3, 0.4) is 0 Å². The average molecular weight is 393 g/mol. The number of alkyl halides is 3. The summed E-state index contributed by atoms with van der Waals surface area (Å²) < 4.78 is 44.9. The highest BCUT2D eigenvalue weighted by molar-refractivity contribution is 5.89. The predicted molar refractivity (Wildman–Crippen MR) is 96.4 cm³/mol. The molecule has 1 unspecified atom stereocenters. The maximum absolute atomic E-state index is 13.1. The molecule has 1 atom stereocenters. The Morgan fingerprint density at radius 2 is 2.14 bits per heavy atom. The number of anilines is 1. The molecule has 0 saturated carbocycles. The van der Waals surface area contributed by atoms with E-state index in [-0.39, 0.29) is 24.0 Å². The van der Waals surface area contributed by atoms with E-state index in [0.717, 1.165) is 25.5 Å². The molecule has 0 aromatic carbocycles. The van der Waals surface area contributed by atoms with E-state index in [1.807, 2.05) is 4.90 Å². The molecule has 7 nitrogen and oxygen atoms in total. The largest absolute Gasteiger partial charge is 0.489 e. The topological polar surface area (TPSA) is 86.9 Å². The molecule has 0 aliphatic carbocycles. The molecule has 0 bridgehead atoms. The van der Waals surface area contributed by atoms with Gasteiger partial charge in [0.25, 0.3) is 5.56 Å². The van der Waals surface area contributed by atoms with Crippen LogP contribution in [0.4, 0.5) is 19.0 Å². The van der Waals surface area contributed by atoms with Gasteiger partial charge in [-0.1, -0.05) is 0 Å². The van der Waals surface area contributed by atoms with Crippen molar-refractivity contribution in [1.29, 1.82) is 0 Å². The van der Waals surface area contributed by atoms with Crippen molar-refractivity contribution in [3.05, 3.63) is 46.6 Å². The maximum Gasteiger partial charge on any atom is 0.437 e. The first-order valence-corrected chi connectivity index (χ1v) is 8.92. The van der Waals surface area contributed by atoms with Gasteiger partial charge in [0.2, 0.25) is 0 Å². The molecule has 4 rings (SSSR count). The molecule has 1 saturated heterocycles. The van der Waals surface area contributed by atoms with E-state index in [4.69, 9.17) is 4.74 Å². The van der Waals surface area contributed by atoms with Gasteiger partial charge in [-0.3, -0.25) is 9.89 Å². The van der Waals surface area contributed by atoms with E-state index in [2.05, 4.69) is 20.2 Å². The quantitative estimate of drug-likeness (QED) is 0.711. The van der Waals surface area contributed by atoms with Gasteiger partial charge in [-0.25, -0.2) is 4.98 Å². The Morgan fingerprint density at radius 3 is 2.96 bits per heavy atom. The molecule has 1 aliphatic heterocycles. The summed E-state index contributed by atoms with van der Waals surface area (Å²) in [6, 6.07) is 4.18. The molecular weight excluding hydrogens is 375 g/mol. The zero-order valence-electron chi connectivity index (χ0n) is 14.8. The lowest BCUT2D eigenvalue weighted by Gasteiger charge is -2.35. The first-order chi connectivity index (χ1) is 13.4. The molecule has 0 radical (unpaired) electrons. The van der Waals surface area contributed by atoms with Crippen LogP contribution in [0.15, 0.2) is 35.4 Å². The Labute approximate surface area is 157 Å². The van der Waals surface area contributed by atoms with Gasteiger partial charge in [-0.05, 0) is 37.5 Å². The number of aromatic amines is 2. The monoisotopic (exact) mass is 393 g/mol. The SMILES string of the molecule is O=c1[nH]ccc2[nH]nc(N3CCCCC3COc3cccnc3C(F)(F)F)c12. The zero-order valence-corrected chi connectivity index (χ0v) is 14.8. The molecule has 1 aliphatic rings. The molecule has 3 aromatic rings. The van der Waals surface area contributed by atoms with Crippen LogP contribution in [0.25, 0.3) is 10.9 Å². The van der Waals surface area contributed by atoms with Crippen molar-refractivity contribution in [3.63, 3.8) is 0 Å². The number of hydrogen-bond acceptors (Lipinski definition) is 5. The summed E-state index contributed by atoms with van der Waals surface area (Å²) in [6.07, 6.45) is 0.573. The predicted octanol–water partition coefficient (Wildman–Crippen LogP) is 3.10. The van der Waals surface area contributed by atoms with Crippen molar-refractivity contribution in [2.24, 2.45) is 0 Å².